The predicted octanol–water partition coefficient (Wildman–Crippen LogP) is 5.34. The van der Waals surface area contributed by atoms with Gasteiger partial charge in [0.2, 0.25) is 6.79 Å². The van der Waals surface area contributed by atoms with Crippen molar-refractivity contribution in [1.29, 1.82) is 0 Å². The lowest BCUT2D eigenvalue weighted by Gasteiger charge is -2.20. The highest BCUT2D eigenvalue weighted by Crippen LogP contribution is 2.45. The second-order valence-electron chi connectivity index (χ2n) is 9.13. The number of aromatic amines is 4. The summed E-state index contributed by atoms with van der Waals surface area (Å²) in [5, 5.41) is 11.6. The van der Waals surface area contributed by atoms with Gasteiger partial charge < -0.3 is 9.47 Å². The summed E-state index contributed by atoms with van der Waals surface area (Å²) in [6.45, 7) is 4.11. The first-order valence-electron chi connectivity index (χ1n) is 11.7. The predicted molar refractivity (Wildman–Crippen MR) is 144 cm³/mol. The van der Waals surface area contributed by atoms with Gasteiger partial charge in [-0.05, 0) is 42.7 Å². The number of rotatable bonds is 5. The number of fused-ring (bicyclic) bond motifs is 1. The molecule has 0 atom stereocenters. The fraction of sp³-hybridized carbons (Fsp3) is 0.143. The zero-order valence-electron chi connectivity index (χ0n) is 20.1. The van der Waals surface area contributed by atoms with E-state index in [1.807, 2.05) is 74.5 Å². The van der Waals surface area contributed by atoms with Gasteiger partial charge >= 0.3 is 0 Å². The second-order valence-corrected chi connectivity index (χ2v) is 9.98. The fourth-order valence-corrected chi connectivity index (χ4v) is 5.34. The molecule has 0 amide bonds. The number of hydrogen-bond donors (Lipinski definition) is 4. The van der Waals surface area contributed by atoms with Gasteiger partial charge in [-0.2, -0.15) is 0 Å². The van der Waals surface area contributed by atoms with Crippen molar-refractivity contribution in [1.82, 2.24) is 20.4 Å². The molecule has 9 heteroatoms. The number of H-pyrrole nitrogens is 4. The van der Waals surface area contributed by atoms with Crippen molar-refractivity contribution in [3.63, 3.8) is 0 Å². The maximum atomic E-state index is 13.5. The SMILES string of the molecule is Cc1ccc(-c2[nH][nH]c(=O)c2C(c2cc3c(cc2Br)OCO3)c2c(-c3ccc(C)cc3)[nH][nH]c2=O)cc1. The summed E-state index contributed by atoms with van der Waals surface area (Å²) in [7, 11) is 0. The van der Waals surface area contributed by atoms with Crippen LogP contribution < -0.4 is 20.6 Å². The Morgan fingerprint density at radius 3 is 1.65 bits per heavy atom. The molecule has 4 N–H and O–H groups in total. The van der Waals surface area contributed by atoms with E-state index in [-0.39, 0.29) is 17.9 Å². The Balaban J connectivity index is 1.65. The number of nitrogens with one attached hydrogen (secondary N) is 4. The molecule has 1 aliphatic heterocycles. The molecule has 1 aliphatic rings. The zero-order chi connectivity index (χ0) is 25.7. The molecule has 0 saturated carbocycles. The third-order valence-corrected chi connectivity index (χ3v) is 7.38. The highest BCUT2D eigenvalue weighted by molar-refractivity contribution is 9.10. The molecule has 0 unspecified atom stereocenters. The molecule has 0 saturated heterocycles. The van der Waals surface area contributed by atoms with Gasteiger partial charge in [0.25, 0.3) is 11.1 Å². The molecule has 0 radical (unpaired) electrons. The molecule has 0 fully saturated rings. The number of aromatic nitrogens is 4. The Hall–Kier alpha value is -4.24. The normalized spacial score (nSPS) is 12.4. The Labute approximate surface area is 219 Å². The lowest BCUT2D eigenvalue weighted by molar-refractivity contribution is 0.174. The molecule has 37 heavy (non-hydrogen) atoms. The van der Waals surface area contributed by atoms with Crippen LogP contribution in [0.5, 0.6) is 11.5 Å². The molecule has 186 valence electrons. The Kier molecular flexibility index (Phi) is 5.64. The number of benzene rings is 3. The topological polar surface area (TPSA) is 116 Å². The summed E-state index contributed by atoms with van der Waals surface area (Å²) in [4.78, 5) is 26.9. The molecule has 3 heterocycles. The van der Waals surface area contributed by atoms with E-state index in [2.05, 4.69) is 36.3 Å². The van der Waals surface area contributed by atoms with Crippen molar-refractivity contribution in [3.05, 3.63) is 114 Å². The van der Waals surface area contributed by atoms with Gasteiger partial charge in [0.05, 0.1) is 28.4 Å². The largest absolute Gasteiger partial charge is 0.454 e. The van der Waals surface area contributed by atoms with E-state index >= 15 is 0 Å². The van der Waals surface area contributed by atoms with Crippen LogP contribution in [-0.4, -0.2) is 27.2 Å². The van der Waals surface area contributed by atoms with Gasteiger partial charge in [-0.3, -0.25) is 30.0 Å². The molecule has 0 aliphatic carbocycles. The van der Waals surface area contributed by atoms with Crippen LogP contribution in [0.4, 0.5) is 0 Å². The molecule has 0 spiro atoms. The highest BCUT2D eigenvalue weighted by Gasteiger charge is 2.33. The standard InChI is InChI=1S/C28H23BrN4O4/c1-14-3-7-16(8-4-14)25-23(27(34)32-30-25)22(18-11-20-21(12-19(18)29)37-13-36-20)24-26(31-33-28(24)35)17-9-5-15(2)6-10-17/h3-12,22H,13H2,1-2H3,(H2,30,32,34)(H2,31,33,35). The molecular formula is C28H23BrN4O4. The molecule has 6 rings (SSSR count). The van der Waals surface area contributed by atoms with E-state index in [0.717, 1.165) is 22.3 Å². The van der Waals surface area contributed by atoms with E-state index < -0.39 is 5.92 Å². The first-order chi connectivity index (χ1) is 17.9. The summed E-state index contributed by atoms with van der Waals surface area (Å²) >= 11 is 3.67. The monoisotopic (exact) mass is 558 g/mol. The average Bonchev–Trinajstić information content (AvgIpc) is 3.60. The molecule has 0 bridgehead atoms. The first-order valence-corrected chi connectivity index (χ1v) is 12.5. The van der Waals surface area contributed by atoms with Gasteiger partial charge in [-0.25, -0.2) is 0 Å². The van der Waals surface area contributed by atoms with Gasteiger partial charge in [0, 0.05) is 4.47 Å². The number of halogens is 1. The van der Waals surface area contributed by atoms with Gasteiger partial charge in [-0.1, -0.05) is 75.6 Å². The maximum Gasteiger partial charge on any atom is 0.268 e. The lowest BCUT2D eigenvalue weighted by Crippen LogP contribution is -2.20. The fourth-order valence-electron chi connectivity index (χ4n) is 4.79. The summed E-state index contributed by atoms with van der Waals surface area (Å²) < 4.78 is 11.9. The second kappa shape index (κ2) is 9.01. The third kappa shape index (κ3) is 4.01. The van der Waals surface area contributed by atoms with E-state index in [9.17, 15) is 9.59 Å². The van der Waals surface area contributed by atoms with Crippen molar-refractivity contribution in [2.24, 2.45) is 0 Å². The Morgan fingerprint density at radius 1 is 0.703 bits per heavy atom. The summed E-state index contributed by atoms with van der Waals surface area (Å²) in [5.74, 6) is 0.398. The molecule has 5 aromatic rings. The quantitative estimate of drug-likeness (QED) is 0.233. The van der Waals surface area contributed by atoms with E-state index in [1.165, 1.54) is 0 Å². The van der Waals surface area contributed by atoms with Crippen LogP contribution in [0, 0.1) is 13.8 Å². The number of ether oxygens (including phenoxy) is 2. The van der Waals surface area contributed by atoms with Crippen LogP contribution in [0.25, 0.3) is 22.5 Å². The van der Waals surface area contributed by atoms with Gasteiger partial charge in [0.15, 0.2) is 11.5 Å². The minimum atomic E-state index is -0.749. The van der Waals surface area contributed by atoms with Crippen LogP contribution in [-0.2, 0) is 0 Å². The van der Waals surface area contributed by atoms with Crippen molar-refractivity contribution in [2.45, 2.75) is 19.8 Å². The Morgan fingerprint density at radius 2 is 1.16 bits per heavy atom. The molecular weight excluding hydrogens is 536 g/mol. The zero-order valence-corrected chi connectivity index (χ0v) is 21.7. The number of hydrogen-bond acceptors (Lipinski definition) is 4. The van der Waals surface area contributed by atoms with Crippen molar-refractivity contribution >= 4 is 15.9 Å². The summed E-state index contributed by atoms with van der Waals surface area (Å²) in [6.07, 6.45) is 0. The number of aryl methyl sites for hydroxylation is 2. The minimum Gasteiger partial charge on any atom is -0.454 e. The highest BCUT2D eigenvalue weighted by atomic mass is 79.9. The maximum absolute atomic E-state index is 13.5. The van der Waals surface area contributed by atoms with Crippen molar-refractivity contribution in [3.8, 4) is 34.0 Å². The van der Waals surface area contributed by atoms with Gasteiger partial charge in [0.1, 0.15) is 0 Å². The van der Waals surface area contributed by atoms with E-state index in [0.29, 0.717) is 44.0 Å². The summed E-state index contributed by atoms with van der Waals surface area (Å²) in [5.41, 5.74) is 5.95. The Bertz CT molecular complexity index is 1630. The van der Waals surface area contributed by atoms with Crippen molar-refractivity contribution in [2.75, 3.05) is 6.79 Å². The molecule has 8 nitrogen and oxygen atoms in total. The minimum absolute atomic E-state index is 0.106. The van der Waals surface area contributed by atoms with E-state index in [1.54, 1.807) is 0 Å². The third-order valence-electron chi connectivity index (χ3n) is 6.69. The smallest absolute Gasteiger partial charge is 0.268 e. The molecule has 3 aromatic carbocycles. The summed E-state index contributed by atoms with van der Waals surface area (Å²) in [6, 6.07) is 19.4. The lowest BCUT2D eigenvalue weighted by atomic mass is 9.83. The van der Waals surface area contributed by atoms with E-state index in [4.69, 9.17) is 9.47 Å². The van der Waals surface area contributed by atoms with Crippen LogP contribution in [0.1, 0.15) is 33.7 Å². The average molecular weight is 559 g/mol. The van der Waals surface area contributed by atoms with Crippen LogP contribution in [0.15, 0.2) is 74.7 Å². The van der Waals surface area contributed by atoms with Crippen molar-refractivity contribution < 1.29 is 9.47 Å². The molecule has 2 aromatic heterocycles. The van der Waals surface area contributed by atoms with Crippen LogP contribution in [0.2, 0.25) is 0 Å². The first kappa shape index (κ1) is 23.2. The van der Waals surface area contributed by atoms with Gasteiger partial charge in [-0.15, -0.1) is 0 Å². The van der Waals surface area contributed by atoms with Crippen LogP contribution >= 0.6 is 15.9 Å². The van der Waals surface area contributed by atoms with Crippen LogP contribution in [0.3, 0.4) is 0 Å².